The molecule has 0 aromatic heterocycles. The molecule has 1 aromatic carbocycles. The lowest BCUT2D eigenvalue weighted by Gasteiger charge is -2.03. The second-order valence-corrected chi connectivity index (χ2v) is 5.18. The first kappa shape index (κ1) is 12.6. The molecule has 0 aliphatic rings. The van der Waals surface area contributed by atoms with Crippen LogP contribution in [-0.4, -0.2) is 16.5 Å². The number of hydrogen-bond donors (Lipinski definition) is 1. The highest BCUT2D eigenvalue weighted by atomic mass is 35.5. The van der Waals surface area contributed by atoms with E-state index in [1.807, 2.05) is 0 Å². The van der Waals surface area contributed by atoms with Crippen molar-refractivity contribution in [1.82, 2.24) is 0 Å². The summed E-state index contributed by atoms with van der Waals surface area (Å²) in [5, 5.41) is 0.460. The quantitative estimate of drug-likeness (QED) is 0.868. The second kappa shape index (κ2) is 6.20. The van der Waals surface area contributed by atoms with E-state index in [-0.39, 0.29) is 11.6 Å². The van der Waals surface area contributed by atoms with Gasteiger partial charge in [0.05, 0.1) is 5.75 Å². The van der Waals surface area contributed by atoms with E-state index in [0.717, 1.165) is 0 Å². The zero-order valence-corrected chi connectivity index (χ0v) is 9.78. The molecule has 2 N–H and O–H groups in total. The Kier molecular flexibility index (Phi) is 5.22. The molecule has 0 amide bonds. The zero-order valence-electron chi connectivity index (χ0n) is 8.21. The molecule has 1 unspecified atom stereocenters. The minimum absolute atomic E-state index is 0.201. The van der Waals surface area contributed by atoms with Crippen LogP contribution in [0.3, 0.4) is 0 Å². The number of nitrogens with two attached hydrogens (primary N) is 1. The third kappa shape index (κ3) is 4.28. The molecule has 0 saturated heterocycles. The molecule has 0 fully saturated rings. The normalized spacial score (nSPS) is 12.7. The summed E-state index contributed by atoms with van der Waals surface area (Å²) in [7, 11) is -1.07. The fourth-order valence-electron chi connectivity index (χ4n) is 1.14. The van der Waals surface area contributed by atoms with Gasteiger partial charge in [-0.25, -0.2) is 4.39 Å². The number of rotatable bonds is 5. The standard InChI is InChI=1S/C10H13ClFNOS/c11-9-2-3-10(12)8(6-9)7-15(14)5-1-4-13/h2-3,6H,1,4-5,7,13H2. The molecule has 0 heterocycles. The van der Waals surface area contributed by atoms with Gasteiger partial charge in [-0.15, -0.1) is 0 Å². The molecule has 0 spiro atoms. The van der Waals surface area contributed by atoms with Crippen LogP contribution >= 0.6 is 11.6 Å². The minimum atomic E-state index is -1.07. The highest BCUT2D eigenvalue weighted by Gasteiger charge is 2.07. The van der Waals surface area contributed by atoms with Gasteiger partial charge in [0.1, 0.15) is 5.82 Å². The van der Waals surface area contributed by atoms with Gasteiger partial charge in [0, 0.05) is 27.1 Å². The van der Waals surface area contributed by atoms with Gasteiger partial charge in [-0.2, -0.15) is 0 Å². The van der Waals surface area contributed by atoms with Gasteiger partial charge in [-0.1, -0.05) is 11.6 Å². The summed E-state index contributed by atoms with van der Waals surface area (Å²) in [5.41, 5.74) is 5.70. The first-order valence-corrected chi connectivity index (χ1v) is 6.49. The molecule has 0 radical (unpaired) electrons. The Hall–Kier alpha value is -0.450. The van der Waals surface area contributed by atoms with Gasteiger partial charge in [-0.3, -0.25) is 4.21 Å². The lowest BCUT2D eigenvalue weighted by molar-refractivity contribution is 0.615. The van der Waals surface area contributed by atoms with Crippen LogP contribution in [0.2, 0.25) is 5.02 Å². The summed E-state index contributed by atoms with van der Waals surface area (Å²) < 4.78 is 24.7. The molecule has 84 valence electrons. The van der Waals surface area contributed by atoms with Crippen LogP contribution in [-0.2, 0) is 16.6 Å². The molecule has 0 bridgehead atoms. The van der Waals surface area contributed by atoms with Gasteiger partial charge >= 0.3 is 0 Å². The Morgan fingerprint density at radius 1 is 1.47 bits per heavy atom. The average molecular weight is 250 g/mol. The van der Waals surface area contributed by atoms with Gasteiger partial charge in [0.15, 0.2) is 0 Å². The fraction of sp³-hybridized carbons (Fsp3) is 0.400. The summed E-state index contributed by atoms with van der Waals surface area (Å²) in [6.45, 7) is 0.504. The Morgan fingerprint density at radius 3 is 2.87 bits per heavy atom. The molecule has 1 rings (SSSR count). The summed E-state index contributed by atoms with van der Waals surface area (Å²) in [6, 6.07) is 4.28. The van der Waals surface area contributed by atoms with E-state index in [2.05, 4.69) is 0 Å². The van der Waals surface area contributed by atoms with Crippen molar-refractivity contribution in [3.05, 3.63) is 34.6 Å². The van der Waals surface area contributed by atoms with Crippen LogP contribution < -0.4 is 5.73 Å². The zero-order chi connectivity index (χ0) is 11.3. The Labute approximate surface area is 96.1 Å². The summed E-state index contributed by atoms with van der Waals surface area (Å²) in [4.78, 5) is 0. The van der Waals surface area contributed by atoms with E-state index >= 15 is 0 Å². The van der Waals surface area contributed by atoms with Crippen molar-refractivity contribution in [2.75, 3.05) is 12.3 Å². The van der Waals surface area contributed by atoms with Crippen LogP contribution in [0.1, 0.15) is 12.0 Å². The van der Waals surface area contributed by atoms with Crippen molar-refractivity contribution in [3.63, 3.8) is 0 Å². The lowest BCUT2D eigenvalue weighted by Crippen LogP contribution is -2.08. The summed E-state index contributed by atoms with van der Waals surface area (Å²) in [6.07, 6.45) is 0.689. The van der Waals surface area contributed by atoms with Crippen LogP contribution in [0, 0.1) is 5.82 Å². The van der Waals surface area contributed by atoms with Crippen LogP contribution in [0.4, 0.5) is 4.39 Å². The molecular weight excluding hydrogens is 237 g/mol. The third-order valence-corrected chi connectivity index (χ3v) is 3.51. The Morgan fingerprint density at radius 2 is 2.20 bits per heavy atom. The predicted octanol–water partition coefficient (Wildman–Crippen LogP) is 2.08. The fourth-order valence-corrected chi connectivity index (χ4v) is 2.54. The van der Waals surface area contributed by atoms with Gasteiger partial charge < -0.3 is 5.73 Å². The van der Waals surface area contributed by atoms with Crippen molar-refractivity contribution < 1.29 is 8.60 Å². The van der Waals surface area contributed by atoms with E-state index in [9.17, 15) is 8.60 Å². The van der Waals surface area contributed by atoms with Crippen molar-refractivity contribution in [3.8, 4) is 0 Å². The first-order chi connectivity index (χ1) is 7.13. The molecule has 1 atom stereocenters. The van der Waals surface area contributed by atoms with Crippen molar-refractivity contribution >= 4 is 22.4 Å². The van der Waals surface area contributed by atoms with Gasteiger partial charge in [0.2, 0.25) is 0 Å². The van der Waals surface area contributed by atoms with E-state index in [0.29, 0.717) is 29.3 Å². The van der Waals surface area contributed by atoms with E-state index in [1.165, 1.54) is 18.2 Å². The number of halogens is 2. The average Bonchev–Trinajstić information content (AvgIpc) is 2.20. The number of hydrogen-bond acceptors (Lipinski definition) is 2. The topological polar surface area (TPSA) is 43.1 Å². The maximum Gasteiger partial charge on any atom is 0.127 e. The van der Waals surface area contributed by atoms with E-state index < -0.39 is 10.8 Å². The van der Waals surface area contributed by atoms with Crippen molar-refractivity contribution in [2.45, 2.75) is 12.2 Å². The maximum atomic E-state index is 13.2. The molecule has 2 nitrogen and oxygen atoms in total. The molecule has 0 saturated carbocycles. The van der Waals surface area contributed by atoms with Crippen molar-refractivity contribution in [1.29, 1.82) is 0 Å². The van der Waals surface area contributed by atoms with Crippen LogP contribution in [0.15, 0.2) is 18.2 Å². The molecule has 15 heavy (non-hydrogen) atoms. The smallest absolute Gasteiger partial charge is 0.127 e. The molecule has 5 heteroatoms. The highest BCUT2D eigenvalue weighted by molar-refractivity contribution is 7.84. The minimum Gasteiger partial charge on any atom is -0.330 e. The Bertz CT molecular complexity index is 359. The third-order valence-electron chi connectivity index (χ3n) is 1.90. The summed E-state index contributed by atoms with van der Waals surface area (Å²) in [5.74, 6) is 0.343. The second-order valence-electron chi connectivity index (χ2n) is 3.17. The lowest BCUT2D eigenvalue weighted by atomic mass is 10.2. The highest BCUT2D eigenvalue weighted by Crippen LogP contribution is 2.16. The largest absolute Gasteiger partial charge is 0.330 e. The van der Waals surface area contributed by atoms with Crippen LogP contribution in [0.25, 0.3) is 0 Å². The predicted molar refractivity (Wildman–Crippen MR) is 61.8 cm³/mol. The first-order valence-electron chi connectivity index (χ1n) is 4.62. The van der Waals surface area contributed by atoms with Crippen LogP contribution in [0.5, 0.6) is 0 Å². The number of benzene rings is 1. The molecule has 1 aromatic rings. The SMILES string of the molecule is NCCCS(=O)Cc1cc(Cl)ccc1F. The van der Waals surface area contributed by atoms with Gasteiger partial charge in [0.25, 0.3) is 0 Å². The molecule has 0 aliphatic heterocycles. The van der Waals surface area contributed by atoms with Gasteiger partial charge in [-0.05, 0) is 31.2 Å². The van der Waals surface area contributed by atoms with Crippen molar-refractivity contribution in [2.24, 2.45) is 5.73 Å². The molecular formula is C10H13ClFNOS. The monoisotopic (exact) mass is 249 g/mol. The molecule has 0 aliphatic carbocycles. The maximum absolute atomic E-state index is 13.2. The summed E-state index contributed by atoms with van der Waals surface area (Å²) >= 11 is 5.72. The van der Waals surface area contributed by atoms with E-state index in [1.54, 1.807) is 0 Å². The Balaban J connectivity index is 2.63. The van der Waals surface area contributed by atoms with E-state index in [4.69, 9.17) is 17.3 Å².